The summed E-state index contributed by atoms with van der Waals surface area (Å²) in [5, 5.41) is 9.77. The molecule has 1 aromatic rings. The maximum Gasteiger partial charge on any atom is 0.171 e. The first kappa shape index (κ1) is 17.4. The van der Waals surface area contributed by atoms with Gasteiger partial charge in [-0.25, -0.2) is 0 Å². The van der Waals surface area contributed by atoms with Gasteiger partial charge in [0, 0.05) is 7.11 Å². The van der Waals surface area contributed by atoms with Crippen molar-refractivity contribution in [1.82, 2.24) is 0 Å². The quantitative estimate of drug-likeness (QED) is 0.490. The molecule has 6 nitrogen and oxygen atoms in total. The van der Waals surface area contributed by atoms with E-state index in [2.05, 4.69) is 0 Å². The van der Waals surface area contributed by atoms with E-state index in [0.717, 1.165) is 0 Å². The van der Waals surface area contributed by atoms with Crippen LogP contribution in [0.5, 0.6) is 11.5 Å². The van der Waals surface area contributed by atoms with Crippen LogP contribution in [0.1, 0.15) is 17.3 Å². The minimum absolute atomic E-state index is 0.0118. The highest BCUT2D eigenvalue weighted by Crippen LogP contribution is 2.30. The van der Waals surface area contributed by atoms with E-state index in [4.69, 9.17) is 18.9 Å². The summed E-state index contributed by atoms with van der Waals surface area (Å²) in [6, 6.07) is 5.06. The number of rotatable bonds is 11. The monoisotopic (exact) mass is 298 g/mol. The molecule has 0 saturated carbocycles. The highest BCUT2D eigenvalue weighted by atomic mass is 16.5. The minimum atomic E-state index is -0.795. The Kier molecular flexibility index (Phi) is 8.42. The Morgan fingerprint density at radius 3 is 2.71 bits per heavy atom. The van der Waals surface area contributed by atoms with Gasteiger partial charge in [0.15, 0.2) is 17.8 Å². The Morgan fingerprint density at radius 1 is 1.24 bits per heavy atom. The lowest BCUT2D eigenvalue weighted by atomic mass is 10.2. The van der Waals surface area contributed by atoms with Crippen molar-refractivity contribution in [3.05, 3.63) is 23.8 Å². The summed E-state index contributed by atoms with van der Waals surface area (Å²) < 4.78 is 21.0. The number of aldehydes is 1. The Bertz CT molecular complexity index is 421. The van der Waals surface area contributed by atoms with E-state index in [1.54, 1.807) is 25.3 Å². The predicted octanol–water partition coefficient (Wildman–Crippen LogP) is 1.30. The lowest BCUT2D eigenvalue weighted by Crippen LogP contribution is -2.24. The second-order valence-electron chi connectivity index (χ2n) is 4.26. The van der Waals surface area contributed by atoms with Gasteiger partial charge in [0.1, 0.15) is 12.7 Å². The fourth-order valence-corrected chi connectivity index (χ4v) is 1.64. The number of ether oxygens (including phenoxy) is 4. The molecule has 0 heterocycles. The minimum Gasteiger partial charge on any atom is -0.490 e. The first-order valence-electron chi connectivity index (χ1n) is 6.81. The molecule has 1 atom stereocenters. The molecule has 0 aliphatic carbocycles. The summed E-state index contributed by atoms with van der Waals surface area (Å²) in [5.74, 6) is 0.819. The molecule has 0 aliphatic rings. The summed E-state index contributed by atoms with van der Waals surface area (Å²) in [7, 11) is 1.58. The zero-order valence-corrected chi connectivity index (χ0v) is 12.4. The topological polar surface area (TPSA) is 74.2 Å². The molecule has 0 spiro atoms. The summed E-state index contributed by atoms with van der Waals surface area (Å²) in [4.78, 5) is 11.0. The van der Waals surface area contributed by atoms with Gasteiger partial charge >= 0.3 is 0 Å². The SMILES string of the molecule is CCOc1cccc(C=O)c1OCC(O)COCCOC. The normalized spacial score (nSPS) is 12.0. The van der Waals surface area contributed by atoms with Crippen molar-refractivity contribution < 1.29 is 28.8 Å². The van der Waals surface area contributed by atoms with Crippen LogP contribution in [-0.4, -0.2) is 57.6 Å². The number of carbonyl (C=O) groups is 1. The van der Waals surface area contributed by atoms with E-state index in [1.807, 2.05) is 6.92 Å². The van der Waals surface area contributed by atoms with Gasteiger partial charge in [-0.15, -0.1) is 0 Å². The van der Waals surface area contributed by atoms with Gasteiger partial charge in [0.25, 0.3) is 0 Å². The second-order valence-corrected chi connectivity index (χ2v) is 4.26. The number of para-hydroxylation sites is 1. The van der Waals surface area contributed by atoms with Crippen LogP contribution in [0.3, 0.4) is 0 Å². The summed E-state index contributed by atoms with van der Waals surface area (Å²) in [6.07, 6.45) is -0.102. The molecule has 118 valence electrons. The molecule has 0 aromatic heterocycles. The van der Waals surface area contributed by atoms with Gasteiger partial charge in [-0.2, -0.15) is 0 Å². The predicted molar refractivity (Wildman–Crippen MR) is 77.2 cm³/mol. The smallest absolute Gasteiger partial charge is 0.171 e. The van der Waals surface area contributed by atoms with E-state index >= 15 is 0 Å². The van der Waals surface area contributed by atoms with Crippen LogP contribution in [-0.2, 0) is 9.47 Å². The maximum atomic E-state index is 11.0. The van der Waals surface area contributed by atoms with Gasteiger partial charge in [-0.05, 0) is 19.1 Å². The molecule has 1 unspecified atom stereocenters. The third kappa shape index (κ3) is 6.12. The van der Waals surface area contributed by atoms with Gasteiger partial charge in [0.2, 0.25) is 0 Å². The van der Waals surface area contributed by atoms with Crippen molar-refractivity contribution in [2.24, 2.45) is 0 Å². The number of benzene rings is 1. The van der Waals surface area contributed by atoms with Crippen LogP contribution < -0.4 is 9.47 Å². The van der Waals surface area contributed by atoms with Crippen LogP contribution in [0, 0.1) is 0 Å². The summed E-state index contributed by atoms with van der Waals surface area (Å²) in [5.41, 5.74) is 0.383. The molecule has 0 bridgehead atoms. The highest BCUT2D eigenvalue weighted by Gasteiger charge is 2.13. The average molecular weight is 298 g/mol. The number of aliphatic hydroxyl groups is 1. The third-order valence-electron chi connectivity index (χ3n) is 2.60. The molecule has 1 aromatic carbocycles. The number of hydrogen-bond donors (Lipinski definition) is 1. The Labute approximate surface area is 124 Å². The number of carbonyl (C=O) groups excluding carboxylic acids is 1. The molecular formula is C15H22O6. The van der Waals surface area contributed by atoms with Crippen molar-refractivity contribution in [3.8, 4) is 11.5 Å². The Hall–Kier alpha value is -1.63. The average Bonchev–Trinajstić information content (AvgIpc) is 2.50. The van der Waals surface area contributed by atoms with Crippen molar-refractivity contribution >= 4 is 6.29 Å². The van der Waals surface area contributed by atoms with Gasteiger partial charge < -0.3 is 24.1 Å². The van der Waals surface area contributed by atoms with Gasteiger partial charge in [-0.3, -0.25) is 4.79 Å². The lowest BCUT2D eigenvalue weighted by Gasteiger charge is -2.16. The first-order chi connectivity index (χ1) is 10.2. The fraction of sp³-hybridized carbons (Fsp3) is 0.533. The maximum absolute atomic E-state index is 11.0. The Morgan fingerprint density at radius 2 is 2.05 bits per heavy atom. The lowest BCUT2D eigenvalue weighted by molar-refractivity contribution is -0.00463. The number of hydrogen-bond acceptors (Lipinski definition) is 6. The molecule has 0 radical (unpaired) electrons. The molecule has 0 saturated heterocycles. The number of aliphatic hydroxyl groups excluding tert-OH is 1. The second kappa shape index (κ2) is 10.1. The molecule has 0 fully saturated rings. The number of methoxy groups -OCH3 is 1. The molecule has 0 amide bonds. The van der Waals surface area contributed by atoms with Crippen LogP contribution >= 0.6 is 0 Å². The summed E-state index contributed by atoms with van der Waals surface area (Å²) >= 11 is 0. The zero-order chi connectivity index (χ0) is 15.5. The van der Waals surface area contributed by atoms with E-state index in [0.29, 0.717) is 43.2 Å². The first-order valence-corrected chi connectivity index (χ1v) is 6.81. The van der Waals surface area contributed by atoms with Gasteiger partial charge in [-0.1, -0.05) is 6.07 Å². The fourth-order valence-electron chi connectivity index (χ4n) is 1.64. The summed E-state index contributed by atoms with van der Waals surface area (Å²) in [6.45, 7) is 3.32. The van der Waals surface area contributed by atoms with E-state index in [1.165, 1.54) is 0 Å². The van der Waals surface area contributed by atoms with E-state index in [-0.39, 0.29) is 13.2 Å². The van der Waals surface area contributed by atoms with Crippen LogP contribution in [0.25, 0.3) is 0 Å². The molecule has 0 aliphatic heterocycles. The van der Waals surface area contributed by atoms with E-state index in [9.17, 15) is 9.90 Å². The molecule has 6 heteroatoms. The zero-order valence-electron chi connectivity index (χ0n) is 12.4. The third-order valence-corrected chi connectivity index (χ3v) is 2.60. The van der Waals surface area contributed by atoms with Gasteiger partial charge in [0.05, 0.1) is 32.0 Å². The van der Waals surface area contributed by atoms with Crippen molar-refractivity contribution in [2.45, 2.75) is 13.0 Å². The molecule has 1 N–H and O–H groups in total. The highest BCUT2D eigenvalue weighted by molar-refractivity contribution is 5.81. The largest absolute Gasteiger partial charge is 0.490 e. The van der Waals surface area contributed by atoms with E-state index < -0.39 is 6.10 Å². The molecule has 21 heavy (non-hydrogen) atoms. The molecule has 1 rings (SSSR count). The van der Waals surface area contributed by atoms with Crippen LogP contribution in [0.4, 0.5) is 0 Å². The van der Waals surface area contributed by atoms with Crippen molar-refractivity contribution in [3.63, 3.8) is 0 Å². The standard InChI is InChI=1S/C15H22O6/c1-3-20-14-6-4-5-12(9-16)15(14)21-11-13(17)10-19-8-7-18-2/h4-6,9,13,17H,3,7-8,10-11H2,1-2H3. The van der Waals surface area contributed by atoms with Crippen molar-refractivity contribution in [2.75, 3.05) is 40.1 Å². The van der Waals surface area contributed by atoms with Crippen molar-refractivity contribution in [1.29, 1.82) is 0 Å². The van der Waals surface area contributed by atoms with Crippen LogP contribution in [0.15, 0.2) is 18.2 Å². The molecular weight excluding hydrogens is 276 g/mol. The Balaban J connectivity index is 2.54. The van der Waals surface area contributed by atoms with Crippen LogP contribution in [0.2, 0.25) is 0 Å².